The fourth-order valence-corrected chi connectivity index (χ4v) is 4.09. The second kappa shape index (κ2) is 7.29. The third kappa shape index (κ3) is 3.82. The number of nitrogens with zero attached hydrogens (tertiary/aromatic N) is 1. The molecule has 3 aliphatic rings. The van der Waals surface area contributed by atoms with Crippen molar-refractivity contribution in [3.8, 4) is 12.3 Å². The first kappa shape index (κ1) is 16.2. The van der Waals surface area contributed by atoms with E-state index >= 15 is 0 Å². The Balaban J connectivity index is 1.49. The summed E-state index contributed by atoms with van der Waals surface area (Å²) in [4.78, 5) is 15.7. The zero-order valence-electron chi connectivity index (χ0n) is 13.4. The fourth-order valence-electron chi connectivity index (χ4n) is 3.63. The van der Waals surface area contributed by atoms with E-state index in [1.165, 1.54) is 6.42 Å². The lowest BCUT2D eigenvalue weighted by atomic mass is 9.76. The highest BCUT2D eigenvalue weighted by molar-refractivity contribution is 7.98. The third-order valence-corrected chi connectivity index (χ3v) is 5.64. The molecular weight excluding hydrogens is 306 g/mol. The molecule has 1 aromatic carbocycles. The number of piperidine rings is 3. The molecule has 2 N–H and O–H groups in total. The van der Waals surface area contributed by atoms with Crippen molar-refractivity contribution in [1.29, 1.82) is 0 Å². The van der Waals surface area contributed by atoms with Crippen molar-refractivity contribution >= 4 is 23.5 Å². The predicted octanol–water partition coefficient (Wildman–Crippen LogP) is 2.87. The van der Waals surface area contributed by atoms with E-state index in [-0.39, 0.29) is 6.03 Å². The number of thioether (sulfide) groups is 1. The van der Waals surface area contributed by atoms with Crippen LogP contribution in [-0.4, -0.2) is 42.9 Å². The molecule has 3 aliphatic heterocycles. The standard InChI is InChI=1S/C18H23N3OS/c1-3-13-12-21-8-7-14(13)9-16(21)11-19-18(22)20-15-5-4-6-17(10-15)23-2/h1,4-6,10,13-14,16H,7-9,11-12H2,2H3,(H2,19,20,22). The quantitative estimate of drug-likeness (QED) is 0.659. The van der Waals surface area contributed by atoms with Gasteiger partial charge in [-0.1, -0.05) is 6.07 Å². The fraction of sp³-hybridized carbons (Fsp3) is 0.500. The Bertz CT molecular complexity index is 613. The number of rotatable bonds is 4. The van der Waals surface area contributed by atoms with Crippen molar-refractivity contribution in [3.05, 3.63) is 24.3 Å². The van der Waals surface area contributed by atoms with E-state index in [2.05, 4.69) is 21.5 Å². The van der Waals surface area contributed by atoms with E-state index in [4.69, 9.17) is 6.42 Å². The smallest absolute Gasteiger partial charge is 0.319 e. The van der Waals surface area contributed by atoms with E-state index in [1.54, 1.807) is 11.8 Å². The molecule has 2 bridgehead atoms. The monoisotopic (exact) mass is 329 g/mol. The van der Waals surface area contributed by atoms with Crippen LogP contribution in [0.1, 0.15) is 12.8 Å². The van der Waals surface area contributed by atoms with Gasteiger partial charge in [0.25, 0.3) is 0 Å². The highest BCUT2D eigenvalue weighted by Crippen LogP contribution is 2.35. The number of amides is 2. The average Bonchev–Trinajstić information content (AvgIpc) is 2.60. The minimum absolute atomic E-state index is 0.139. The van der Waals surface area contributed by atoms with E-state index < -0.39 is 0 Å². The highest BCUT2D eigenvalue weighted by atomic mass is 32.2. The SMILES string of the molecule is C#CC1CN2CCC1CC2CNC(=O)Nc1cccc(SC)c1. The largest absolute Gasteiger partial charge is 0.336 e. The maximum absolute atomic E-state index is 12.1. The van der Waals surface area contributed by atoms with E-state index in [0.29, 0.717) is 24.4 Å². The van der Waals surface area contributed by atoms with Crippen LogP contribution in [0.4, 0.5) is 10.5 Å². The molecule has 0 spiro atoms. The molecule has 122 valence electrons. The molecule has 3 heterocycles. The van der Waals surface area contributed by atoms with Gasteiger partial charge in [-0.2, -0.15) is 0 Å². The van der Waals surface area contributed by atoms with Crippen LogP contribution in [0.15, 0.2) is 29.2 Å². The third-order valence-electron chi connectivity index (χ3n) is 4.92. The van der Waals surface area contributed by atoms with Crippen LogP contribution in [0, 0.1) is 24.2 Å². The maximum Gasteiger partial charge on any atom is 0.319 e. The van der Waals surface area contributed by atoms with Gasteiger partial charge in [0.05, 0.1) is 0 Å². The maximum atomic E-state index is 12.1. The molecule has 0 radical (unpaired) electrons. The van der Waals surface area contributed by atoms with Crippen molar-refractivity contribution in [2.75, 3.05) is 31.2 Å². The number of nitrogens with one attached hydrogen (secondary N) is 2. The zero-order chi connectivity index (χ0) is 16.2. The molecule has 5 heteroatoms. The van der Waals surface area contributed by atoms with Crippen LogP contribution >= 0.6 is 11.8 Å². The topological polar surface area (TPSA) is 44.4 Å². The first-order chi connectivity index (χ1) is 11.2. The second-order valence-corrected chi connectivity index (χ2v) is 7.15. The highest BCUT2D eigenvalue weighted by Gasteiger charge is 2.39. The molecule has 3 fully saturated rings. The number of fused-ring (bicyclic) bond motifs is 3. The zero-order valence-corrected chi connectivity index (χ0v) is 14.2. The van der Waals surface area contributed by atoms with Gasteiger partial charge in [0.2, 0.25) is 0 Å². The summed E-state index contributed by atoms with van der Waals surface area (Å²) in [6, 6.07) is 8.15. The summed E-state index contributed by atoms with van der Waals surface area (Å²) >= 11 is 1.66. The van der Waals surface area contributed by atoms with Crippen LogP contribution in [0.25, 0.3) is 0 Å². The number of benzene rings is 1. The molecule has 4 atom stereocenters. The number of hydrogen-bond acceptors (Lipinski definition) is 3. The van der Waals surface area contributed by atoms with Crippen LogP contribution in [-0.2, 0) is 0 Å². The van der Waals surface area contributed by atoms with Gasteiger partial charge < -0.3 is 10.6 Å². The minimum atomic E-state index is -0.139. The lowest BCUT2D eigenvalue weighted by Gasteiger charge is -2.48. The Morgan fingerprint density at radius 1 is 1.52 bits per heavy atom. The van der Waals surface area contributed by atoms with Gasteiger partial charge in [0.1, 0.15) is 0 Å². The van der Waals surface area contributed by atoms with Gasteiger partial charge in [-0.25, -0.2) is 4.79 Å². The summed E-state index contributed by atoms with van der Waals surface area (Å²) < 4.78 is 0. The number of carbonyl (C=O) groups is 1. The Hall–Kier alpha value is -1.64. The van der Waals surface area contributed by atoms with Gasteiger partial charge in [0.15, 0.2) is 0 Å². The first-order valence-corrected chi connectivity index (χ1v) is 9.31. The first-order valence-electron chi connectivity index (χ1n) is 8.08. The molecule has 23 heavy (non-hydrogen) atoms. The summed E-state index contributed by atoms with van der Waals surface area (Å²) in [7, 11) is 0. The van der Waals surface area contributed by atoms with Crippen LogP contribution in [0.5, 0.6) is 0 Å². The van der Waals surface area contributed by atoms with E-state index in [0.717, 1.165) is 30.1 Å². The Kier molecular flexibility index (Phi) is 5.14. The number of carbonyl (C=O) groups excluding carboxylic acids is 1. The number of terminal acetylenes is 1. The lowest BCUT2D eigenvalue weighted by molar-refractivity contribution is 0.0242. The minimum Gasteiger partial charge on any atom is -0.336 e. The van der Waals surface area contributed by atoms with E-state index in [1.807, 2.05) is 30.5 Å². The molecular formula is C18H23N3OS. The normalized spacial score (nSPS) is 28.9. The summed E-state index contributed by atoms with van der Waals surface area (Å²) in [5.41, 5.74) is 0.826. The van der Waals surface area contributed by atoms with Crippen molar-refractivity contribution in [1.82, 2.24) is 10.2 Å². The lowest BCUT2D eigenvalue weighted by Crippen LogP contribution is -2.56. The van der Waals surface area contributed by atoms with Gasteiger partial charge in [0, 0.05) is 35.6 Å². The molecule has 3 saturated heterocycles. The predicted molar refractivity (Wildman–Crippen MR) is 95.7 cm³/mol. The molecule has 0 aliphatic carbocycles. The van der Waals surface area contributed by atoms with Gasteiger partial charge in [-0.05, 0) is 49.8 Å². The number of urea groups is 1. The molecule has 0 saturated carbocycles. The van der Waals surface area contributed by atoms with Gasteiger partial charge >= 0.3 is 6.03 Å². The van der Waals surface area contributed by atoms with Crippen LogP contribution in [0.2, 0.25) is 0 Å². The molecule has 1 aromatic rings. The van der Waals surface area contributed by atoms with E-state index in [9.17, 15) is 4.79 Å². The summed E-state index contributed by atoms with van der Waals surface area (Å²) in [6.07, 6.45) is 9.92. The summed E-state index contributed by atoms with van der Waals surface area (Å²) in [5, 5.41) is 5.91. The van der Waals surface area contributed by atoms with Crippen molar-refractivity contribution in [2.24, 2.45) is 11.8 Å². The van der Waals surface area contributed by atoms with Crippen molar-refractivity contribution in [3.63, 3.8) is 0 Å². The Morgan fingerprint density at radius 2 is 2.39 bits per heavy atom. The average molecular weight is 329 g/mol. The number of anilines is 1. The Labute approximate surface area is 142 Å². The molecule has 0 aromatic heterocycles. The molecule has 4 unspecified atom stereocenters. The second-order valence-electron chi connectivity index (χ2n) is 6.27. The molecule has 4 rings (SSSR count). The molecule has 4 nitrogen and oxygen atoms in total. The summed E-state index contributed by atoms with van der Waals surface area (Å²) in [5.74, 6) is 3.94. The van der Waals surface area contributed by atoms with Crippen molar-refractivity contribution in [2.45, 2.75) is 23.8 Å². The van der Waals surface area contributed by atoms with Gasteiger partial charge in [-0.3, -0.25) is 4.90 Å². The number of hydrogen-bond donors (Lipinski definition) is 2. The van der Waals surface area contributed by atoms with Crippen molar-refractivity contribution < 1.29 is 4.79 Å². The molecule has 2 amide bonds. The van der Waals surface area contributed by atoms with Gasteiger partial charge in [-0.15, -0.1) is 24.1 Å². The Morgan fingerprint density at radius 3 is 3.09 bits per heavy atom. The summed E-state index contributed by atoms with van der Waals surface area (Å²) in [6.45, 7) is 2.76. The van der Waals surface area contributed by atoms with Crippen LogP contribution < -0.4 is 10.6 Å². The van der Waals surface area contributed by atoms with Crippen LogP contribution in [0.3, 0.4) is 0 Å².